The van der Waals surface area contributed by atoms with Gasteiger partial charge in [0, 0.05) is 23.1 Å². The lowest BCUT2D eigenvalue weighted by Crippen LogP contribution is -2.10. The fraction of sp³-hybridized carbons (Fsp3) is 0.357. The second kappa shape index (κ2) is 9.85. The molecule has 0 N–H and O–H groups in total. The number of rotatable bonds is 4. The van der Waals surface area contributed by atoms with E-state index in [4.69, 9.17) is 20.9 Å². The van der Waals surface area contributed by atoms with Gasteiger partial charge in [-0.15, -0.1) is 0 Å². The van der Waals surface area contributed by atoms with Crippen LogP contribution in [0.1, 0.15) is 73.7 Å². The van der Waals surface area contributed by atoms with E-state index in [1.807, 2.05) is 12.1 Å². The Kier molecular flexibility index (Phi) is 6.91. The van der Waals surface area contributed by atoms with Crippen LogP contribution in [0.15, 0.2) is 53.1 Å². The van der Waals surface area contributed by atoms with Gasteiger partial charge in [-0.2, -0.15) is 0 Å². The van der Waals surface area contributed by atoms with Gasteiger partial charge in [0.2, 0.25) is 0 Å². The van der Waals surface area contributed by atoms with Crippen molar-refractivity contribution in [2.75, 3.05) is 0 Å². The Bertz CT molecular complexity index is 1190. The molecule has 4 nitrogen and oxygen atoms in total. The van der Waals surface area contributed by atoms with Gasteiger partial charge in [0.1, 0.15) is 5.69 Å². The maximum atomic E-state index is 12.5. The summed E-state index contributed by atoms with van der Waals surface area (Å²) in [4.78, 5) is 12.5. The molecular weight excluding hydrogens is 434 g/mol. The number of carbonyl (C=O) groups excluding carboxylic acids is 1. The van der Waals surface area contributed by atoms with E-state index in [-0.39, 0.29) is 12.0 Å². The summed E-state index contributed by atoms with van der Waals surface area (Å²) in [5.74, 6) is 6.90. The lowest BCUT2D eigenvalue weighted by Gasteiger charge is -2.18. The third-order valence-electron chi connectivity index (χ3n) is 5.92. The Labute approximate surface area is 200 Å². The van der Waals surface area contributed by atoms with E-state index in [1.54, 1.807) is 24.3 Å². The topological polar surface area (TPSA) is 52.3 Å². The van der Waals surface area contributed by atoms with Gasteiger partial charge in [-0.25, -0.2) is 4.79 Å². The van der Waals surface area contributed by atoms with E-state index < -0.39 is 5.97 Å². The molecule has 1 saturated carbocycles. The van der Waals surface area contributed by atoms with E-state index in [0.717, 1.165) is 24.0 Å². The zero-order valence-corrected chi connectivity index (χ0v) is 20.0. The van der Waals surface area contributed by atoms with E-state index in [9.17, 15) is 4.79 Å². The molecule has 170 valence electrons. The molecule has 0 aliphatic heterocycles. The predicted molar refractivity (Wildman–Crippen MR) is 130 cm³/mol. The molecule has 0 saturated heterocycles. The summed E-state index contributed by atoms with van der Waals surface area (Å²) in [5, 5.41) is 4.56. The predicted octanol–water partition coefficient (Wildman–Crippen LogP) is 7.19. The van der Waals surface area contributed by atoms with Crippen LogP contribution in [0.2, 0.25) is 5.02 Å². The van der Waals surface area contributed by atoms with Crippen molar-refractivity contribution < 1.29 is 14.1 Å². The molecule has 0 amide bonds. The number of carbonyl (C=O) groups is 1. The highest BCUT2D eigenvalue weighted by atomic mass is 35.5. The molecule has 0 atom stereocenters. The molecular formula is C28H28ClNO3. The Morgan fingerprint density at radius 1 is 1.12 bits per heavy atom. The summed E-state index contributed by atoms with van der Waals surface area (Å²) < 4.78 is 10.8. The molecule has 1 aliphatic carbocycles. The van der Waals surface area contributed by atoms with Crippen molar-refractivity contribution in [1.29, 1.82) is 0 Å². The first-order valence-electron chi connectivity index (χ1n) is 11.3. The van der Waals surface area contributed by atoms with E-state index >= 15 is 0 Å². The second-order valence-corrected chi connectivity index (χ2v) is 9.93. The summed E-state index contributed by atoms with van der Waals surface area (Å²) in [6, 6.07) is 15.1. The van der Waals surface area contributed by atoms with Crippen molar-refractivity contribution in [3.05, 3.63) is 76.0 Å². The third kappa shape index (κ3) is 5.86. The SMILES string of the molecule is CC(C)(C)c1ccc(-c2cc(COC(=O)c3ccc(C#CC4CCCC4)c(Cl)c3)on2)cc1. The largest absolute Gasteiger partial charge is 0.454 e. The first kappa shape index (κ1) is 23.1. The highest BCUT2D eigenvalue weighted by Crippen LogP contribution is 2.27. The number of aromatic nitrogens is 1. The van der Waals surface area contributed by atoms with Crippen molar-refractivity contribution in [2.45, 2.75) is 58.5 Å². The summed E-state index contributed by atoms with van der Waals surface area (Å²) >= 11 is 6.35. The Morgan fingerprint density at radius 3 is 2.52 bits per heavy atom. The van der Waals surface area contributed by atoms with Crippen molar-refractivity contribution in [2.24, 2.45) is 5.92 Å². The Balaban J connectivity index is 1.36. The average Bonchev–Trinajstić information content (AvgIpc) is 3.48. The smallest absolute Gasteiger partial charge is 0.338 e. The molecule has 2 aromatic carbocycles. The number of halogens is 1. The molecule has 4 rings (SSSR count). The molecule has 0 spiro atoms. The summed E-state index contributed by atoms with van der Waals surface area (Å²) in [6.45, 7) is 6.52. The molecule has 1 aromatic heterocycles. The minimum Gasteiger partial charge on any atom is -0.454 e. The number of nitrogens with zero attached hydrogens (tertiary/aromatic N) is 1. The number of benzene rings is 2. The van der Waals surface area contributed by atoms with E-state index in [0.29, 0.717) is 28.0 Å². The fourth-order valence-electron chi connectivity index (χ4n) is 3.87. The van der Waals surface area contributed by atoms with Gasteiger partial charge in [-0.1, -0.05) is 86.5 Å². The lowest BCUT2D eigenvalue weighted by atomic mass is 9.86. The van der Waals surface area contributed by atoms with Gasteiger partial charge in [0.15, 0.2) is 12.4 Å². The summed E-state index contributed by atoms with van der Waals surface area (Å²) in [6.07, 6.45) is 4.79. The Morgan fingerprint density at radius 2 is 1.85 bits per heavy atom. The van der Waals surface area contributed by atoms with Crippen molar-refractivity contribution in [3.63, 3.8) is 0 Å². The maximum Gasteiger partial charge on any atom is 0.338 e. The van der Waals surface area contributed by atoms with Crippen LogP contribution in [0.5, 0.6) is 0 Å². The quantitative estimate of drug-likeness (QED) is 0.304. The van der Waals surface area contributed by atoms with Crippen molar-refractivity contribution in [1.82, 2.24) is 5.16 Å². The van der Waals surface area contributed by atoms with Crippen LogP contribution in [-0.4, -0.2) is 11.1 Å². The number of hydrogen-bond donors (Lipinski definition) is 0. The second-order valence-electron chi connectivity index (χ2n) is 9.53. The van der Waals surface area contributed by atoms with Gasteiger partial charge in [-0.05, 0) is 42.0 Å². The van der Waals surface area contributed by atoms with Crippen molar-refractivity contribution >= 4 is 17.6 Å². The van der Waals surface area contributed by atoms with Gasteiger partial charge < -0.3 is 9.26 Å². The third-order valence-corrected chi connectivity index (χ3v) is 6.23. The molecule has 1 aliphatic rings. The molecule has 33 heavy (non-hydrogen) atoms. The van der Waals surface area contributed by atoms with Crippen LogP contribution >= 0.6 is 11.6 Å². The lowest BCUT2D eigenvalue weighted by molar-refractivity contribution is 0.0437. The molecule has 0 unspecified atom stereocenters. The van der Waals surface area contributed by atoms with Crippen LogP contribution in [-0.2, 0) is 16.8 Å². The van der Waals surface area contributed by atoms with Gasteiger partial charge in [0.25, 0.3) is 0 Å². The van der Waals surface area contributed by atoms with Crippen molar-refractivity contribution in [3.8, 4) is 23.1 Å². The highest BCUT2D eigenvalue weighted by molar-refractivity contribution is 6.32. The first-order chi connectivity index (χ1) is 15.8. The molecule has 0 radical (unpaired) electrons. The zero-order chi connectivity index (χ0) is 23.4. The first-order valence-corrected chi connectivity index (χ1v) is 11.7. The molecule has 1 heterocycles. The minimum atomic E-state index is -0.473. The summed E-state index contributed by atoms with van der Waals surface area (Å²) in [7, 11) is 0. The number of ether oxygens (including phenoxy) is 1. The Hall–Kier alpha value is -3.03. The standard InChI is InChI=1S/C28H28ClNO3/c1-28(2,3)23-14-12-21(13-15-23)26-17-24(33-30-26)18-32-27(31)22-11-10-20(25(29)16-22)9-8-19-6-4-5-7-19/h10-17,19H,4-7,18H2,1-3H3. The van der Waals surface area contributed by atoms with Crippen LogP contribution in [0.3, 0.4) is 0 Å². The highest BCUT2D eigenvalue weighted by Gasteiger charge is 2.16. The molecule has 0 bridgehead atoms. The van der Waals surface area contributed by atoms with Gasteiger partial charge >= 0.3 is 5.97 Å². The minimum absolute atomic E-state index is 0.00718. The fourth-order valence-corrected chi connectivity index (χ4v) is 4.10. The molecule has 5 heteroatoms. The molecule has 1 fully saturated rings. The van der Waals surface area contributed by atoms with Gasteiger partial charge in [0.05, 0.1) is 10.6 Å². The monoisotopic (exact) mass is 461 g/mol. The summed E-state index contributed by atoms with van der Waals surface area (Å²) in [5.41, 5.74) is 4.10. The van der Waals surface area contributed by atoms with Gasteiger partial charge in [-0.3, -0.25) is 0 Å². The maximum absolute atomic E-state index is 12.5. The van der Waals surface area contributed by atoms with Crippen LogP contribution < -0.4 is 0 Å². The normalized spacial score (nSPS) is 14.1. The van der Waals surface area contributed by atoms with Crippen LogP contribution in [0, 0.1) is 17.8 Å². The number of hydrogen-bond acceptors (Lipinski definition) is 4. The number of esters is 1. The van der Waals surface area contributed by atoms with E-state index in [1.165, 1.54) is 18.4 Å². The average molecular weight is 462 g/mol. The van der Waals surface area contributed by atoms with Crippen LogP contribution in [0.4, 0.5) is 0 Å². The van der Waals surface area contributed by atoms with Crippen LogP contribution in [0.25, 0.3) is 11.3 Å². The zero-order valence-electron chi connectivity index (χ0n) is 19.3. The molecule has 3 aromatic rings. The van der Waals surface area contributed by atoms with E-state index in [2.05, 4.69) is 49.9 Å².